The number of non-ortho nitro benzene ring substituents is 1. The van der Waals surface area contributed by atoms with Crippen molar-refractivity contribution in [1.82, 2.24) is 0 Å². The van der Waals surface area contributed by atoms with Crippen LogP contribution in [-0.2, 0) is 0 Å². The van der Waals surface area contributed by atoms with Gasteiger partial charge in [0.2, 0.25) is 0 Å². The summed E-state index contributed by atoms with van der Waals surface area (Å²) in [4.78, 5) is 25.2. The second-order valence-corrected chi connectivity index (χ2v) is 7.33. The average Bonchev–Trinajstić information content (AvgIpc) is 2.75. The zero-order chi connectivity index (χ0) is 21.5. The van der Waals surface area contributed by atoms with E-state index in [-0.39, 0.29) is 11.6 Å². The number of benzene rings is 3. The molecule has 154 valence electrons. The maximum atomic E-state index is 13.2. The number of nitro benzene ring substituents is 1. The summed E-state index contributed by atoms with van der Waals surface area (Å²) in [6.07, 6.45) is 0. The molecule has 0 spiro atoms. The van der Waals surface area contributed by atoms with Crippen molar-refractivity contribution in [2.75, 3.05) is 24.3 Å². The lowest BCUT2D eigenvalue weighted by molar-refractivity contribution is -0.384. The Morgan fingerprint density at radius 2 is 1.73 bits per heavy atom. The van der Waals surface area contributed by atoms with Gasteiger partial charge in [-0.05, 0) is 43.3 Å². The molecule has 2 N–H and O–H groups in total. The first-order valence-electron chi connectivity index (χ1n) is 9.27. The molecule has 0 atom stereocenters. The SMILES string of the molecule is CCNc1cccc(Sc2ccc([N+](=O)[O-])cc2)c1C(=O)Nc1ccccc1OC. The molecule has 3 aromatic carbocycles. The van der Waals surface area contributed by atoms with E-state index < -0.39 is 4.92 Å². The molecule has 0 bridgehead atoms. The third kappa shape index (κ3) is 4.90. The number of nitrogens with one attached hydrogen (secondary N) is 2. The largest absolute Gasteiger partial charge is 0.495 e. The van der Waals surface area contributed by atoms with Crippen LogP contribution in [0.4, 0.5) is 17.1 Å². The molecule has 0 saturated carbocycles. The molecule has 30 heavy (non-hydrogen) atoms. The summed E-state index contributed by atoms with van der Waals surface area (Å²) in [5.41, 5.74) is 1.79. The van der Waals surface area contributed by atoms with Gasteiger partial charge in [0.25, 0.3) is 11.6 Å². The number of nitrogens with zero attached hydrogens (tertiary/aromatic N) is 1. The molecule has 8 heteroatoms. The van der Waals surface area contributed by atoms with Gasteiger partial charge in [-0.25, -0.2) is 0 Å². The van der Waals surface area contributed by atoms with Gasteiger partial charge in [0.05, 0.1) is 23.3 Å². The first kappa shape index (κ1) is 21.2. The molecule has 0 radical (unpaired) electrons. The van der Waals surface area contributed by atoms with Crippen LogP contribution < -0.4 is 15.4 Å². The van der Waals surface area contributed by atoms with Crippen molar-refractivity contribution in [2.24, 2.45) is 0 Å². The predicted molar refractivity (Wildman–Crippen MR) is 119 cm³/mol. The summed E-state index contributed by atoms with van der Waals surface area (Å²) in [7, 11) is 1.55. The fraction of sp³-hybridized carbons (Fsp3) is 0.136. The molecular weight excluding hydrogens is 402 g/mol. The van der Waals surface area contributed by atoms with Crippen LogP contribution in [0.15, 0.2) is 76.5 Å². The average molecular weight is 423 g/mol. The molecule has 1 amide bonds. The van der Waals surface area contributed by atoms with Crippen molar-refractivity contribution in [2.45, 2.75) is 16.7 Å². The van der Waals surface area contributed by atoms with Crippen LogP contribution in [0.3, 0.4) is 0 Å². The molecule has 7 nitrogen and oxygen atoms in total. The van der Waals surface area contributed by atoms with Crippen LogP contribution in [0.5, 0.6) is 5.75 Å². The highest BCUT2D eigenvalue weighted by atomic mass is 32.2. The molecule has 3 rings (SSSR count). The molecule has 3 aromatic rings. The highest BCUT2D eigenvalue weighted by Crippen LogP contribution is 2.35. The third-order valence-electron chi connectivity index (χ3n) is 4.25. The fourth-order valence-electron chi connectivity index (χ4n) is 2.88. The summed E-state index contributed by atoms with van der Waals surface area (Å²) in [6, 6.07) is 19.0. The van der Waals surface area contributed by atoms with Gasteiger partial charge < -0.3 is 15.4 Å². The van der Waals surface area contributed by atoms with Crippen molar-refractivity contribution in [3.63, 3.8) is 0 Å². The highest BCUT2D eigenvalue weighted by Gasteiger charge is 2.19. The number of nitro groups is 1. The van der Waals surface area contributed by atoms with Crippen molar-refractivity contribution in [3.8, 4) is 5.75 Å². The maximum absolute atomic E-state index is 13.2. The molecule has 0 aromatic heterocycles. The number of rotatable bonds is 8. The zero-order valence-electron chi connectivity index (χ0n) is 16.5. The predicted octanol–water partition coefficient (Wildman–Crippen LogP) is 5.44. The normalized spacial score (nSPS) is 10.3. The lowest BCUT2D eigenvalue weighted by Gasteiger charge is -2.16. The number of carbonyl (C=O) groups excluding carboxylic acids is 1. The van der Waals surface area contributed by atoms with Crippen molar-refractivity contribution in [1.29, 1.82) is 0 Å². The summed E-state index contributed by atoms with van der Waals surface area (Å²) < 4.78 is 5.33. The number of para-hydroxylation sites is 2. The molecular formula is C22H21N3O4S. The molecule has 0 aliphatic carbocycles. The summed E-state index contributed by atoms with van der Waals surface area (Å²) in [5, 5.41) is 17.0. The van der Waals surface area contributed by atoms with E-state index in [9.17, 15) is 14.9 Å². The minimum atomic E-state index is -0.438. The van der Waals surface area contributed by atoms with Crippen LogP contribution in [0, 0.1) is 10.1 Å². The number of ether oxygens (including phenoxy) is 1. The standard InChI is InChI=1S/C22H21N3O4S/c1-3-23-18-8-6-10-20(30-16-13-11-15(12-14-16)25(27)28)21(18)22(26)24-17-7-4-5-9-19(17)29-2/h4-14,23H,3H2,1-2H3,(H,24,26). The van der Waals surface area contributed by atoms with Crippen molar-refractivity contribution in [3.05, 3.63) is 82.4 Å². The minimum Gasteiger partial charge on any atom is -0.495 e. The number of methoxy groups -OCH3 is 1. The smallest absolute Gasteiger partial charge is 0.269 e. The Bertz CT molecular complexity index is 1050. The van der Waals surface area contributed by atoms with E-state index in [0.29, 0.717) is 29.2 Å². The quantitative estimate of drug-likeness (QED) is 0.370. The van der Waals surface area contributed by atoms with Gasteiger partial charge in [-0.2, -0.15) is 0 Å². The number of hydrogen-bond donors (Lipinski definition) is 2. The monoisotopic (exact) mass is 423 g/mol. The number of hydrogen-bond acceptors (Lipinski definition) is 6. The lowest BCUT2D eigenvalue weighted by Crippen LogP contribution is -2.16. The Morgan fingerprint density at radius 3 is 2.40 bits per heavy atom. The topological polar surface area (TPSA) is 93.5 Å². The first-order chi connectivity index (χ1) is 14.5. The Morgan fingerprint density at radius 1 is 1.03 bits per heavy atom. The van der Waals surface area contributed by atoms with Crippen LogP contribution in [0.2, 0.25) is 0 Å². The molecule has 0 fully saturated rings. The fourth-order valence-corrected chi connectivity index (χ4v) is 3.86. The van der Waals surface area contributed by atoms with Crippen LogP contribution in [-0.4, -0.2) is 24.5 Å². The van der Waals surface area contributed by atoms with Gasteiger partial charge in [-0.3, -0.25) is 14.9 Å². The van der Waals surface area contributed by atoms with Gasteiger partial charge in [-0.1, -0.05) is 30.0 Å². The number of carbonyl (C=O) groups is 1. The Kier molecular flexibility index (Phi) is 6.92. The zero-order valence-corrected chi connectivity index (χ0v) is 17.4. The summed E-state index contributed by atoms with van der Waals surface area (Å²) in [5.74, 6) is 0.289. The molecule has 0 aliphatic heterocycles. The van der Waals surface area contributed by atoms with Gasteiger partial charge in [0, 0.05) is 34.2 Å². The number of anilines is 2. The van der Waals surface area contributed by atoms with Gasteiger partial charge >= 0.3 is 0 Å². The Balaban J connectivity index is 1.95. The number of amides is 1. The van der Waals surface area contributed by atoms with E-state index in [0.717, 1.165) is 9.79 Å². The van der Waals surface area contributed by atoms with E-state index in [2.05, 4.69) is 10.6 Å². The van der Waals surface area contributed by atoms with Crippen molar-refractivity contribution < 1.29 is 14.5 Å². The third-order valence-corrected chi connectivity index (χ3v) is 5.32. The maximum Gasteiger partial charge on any atom is 0.269 e. The van der Waals surface area contributed by atoms with Crippen LogP contribution >= 0.6 is 11.8 Å². The van der Waals surface area contributed by atoms with Crippen LogP contribution in [0.1, 0.15) is 17.3 Å². The molecule has 0 aliphatic rings. The van der Waals surface area contributed by atoms with E-state index in [1.54, 1.807) is 31.4 Å². The lowest BCUT2D eigenvalue weighted by atomic mass is 10.1. The Hall–Kier alpha value is -3.52. The van der Waals surface area contributed by atoms with Crippen molar-refractivity contribution >= 4 is 34.7 Å². The van der Waals surface area contributed by atoms with Gasteiger partial charge in [-0.15, -0.1) is 0 Å². The molecule has 0 heterocycles. The summed E-state index contributed by atoms with van der Waals surface area (Å²) in [6.45, 7) is 2.61. The minimum absolute atomic E-state index is 0.0230. The van der Waals surface area contributed by atoms with E-state index >= 15 is 0 Å². The molecule has 0 saturated heterocycles. The second kappa shape index (κ2) is 9.80. The van der Waals surface area contributed by atoms with E-state index in [1.807, 2.05) is 37.3 Å². The Labute approximate surface area is 178 Å². The first-order valence-corrected chi connectivity index (χ1v) is 10.1. The second-order valence-electron chi connectivity index (χ2n) is 6.22. The van der Waals surface area contributed by atoms with E-state index in [1.165, 1.54) is 23.9 Å². The van der Waals surface area contributed by atoms with Crippen LogP contribution in [0.25, 0.3) is 0 Å². The van der Waals surface area contributed by atoms with Gasteiger partial charge in [0.15, 0.2) is 0 Å². The summed E-state index contributed by atoms with van der Waals surface area (Å²) >= 11 is 1.37. The molecule has 0 unspecified atom stereocenters. The van der Waals surface area contributed by atoms with Gasteiger partial charge in [0.1, 0.15) is 5.75 Å². The highest BCUT2D eigenvalue weighted by molar-refractivity contribution is 7.99. The van der Waals surface area contributed by atoms with E-state index in [4.69, 9.17) is 4.74 Å².